The van der Waals surface area contributed by atoms with E-state index in [0.717, 1.165) is 44.7 Å². The summed E-state index contributed by atoms with van der Waals surface area (Å²) < 4.78 is 5.20. The number of aromatic nitrogens is 2. The van der Waals surface area contributed by atoms with Crippen molar-refractivity contribution in [3.8, 4) is 11.1 Å². The fourth-order valence-electron chi connectivity index (χ4n) is 3.79. The summed E-state index contributed by atoms with van der Waals surface area (Å²) in [6.07, 6.45) is 0.684. The first-order valence-electron chi connectivity index (χ1n) is 10.1. The Hall–Kier alpha value is -3.47. The largest absolute Gasteiger partial charge is 0.361 e. The average Bonchev–Trinajstić information content (AvgIpc) is 3.05. The smallest absolute Gasteiger partial charge is 0.252 e. The lowest BCUT2D eigenvalue weighted by Crippen LogP contribution is -2.26. The Morgan fingerprint density at radius 2 is 1.80 bits per heavy atom. The van der Waals surface area contributed by atoms with Crippen LogP contribution < -0.4 is 5.32 Å². The molecule has 0 saturated carbocycles. The fourth-order valence-corrected chi connectivity index (χ4v) is 3.79. The Kier molecular flexibility index (Phi) is 5.36. The lowest BCUT2D eigenvalue weighted by Gasteiger charge is -2.12. The van der Waals surface area contributed by atoms with Crippen LogP contribution in [0.5, 0.6) is 0 Å². The molecule has 4 rings (SSSR count). The molecule has 2 heterocycles. The van der Waals surface area contributed by atoms with Crippen molar-refractivity contribution in [1.82, 2.24) is 15.5 Å². The molecular weight excluding hydrogens is 374 g/mol. The Balaban J connectivity index is 1.64. The number of rotatable bonds is 5. The minimum Gasteiger partial charge on any atom is -0.361 e. The van der Waals surface area contributed by atoms with Crippen LogP contribution in [0.25, 0.3) is 22.0 Å². The molecule has 0 aliphatic carbocycles. The summed E-state index contributed by atoms with van der Waals surface area (Å²) in [7, 11) is 0. The van der Waals surface area contributed by atoms with Gasteiger partial charge in [-0.05, 0) is 45.7 Å². The summed E-state index contributed by atoms with van der Waals surface area (Å²) in [4.78, 5) is 17.8. The van der Waals surface area contributed by atoms with Gasteiger partial charge in [-0.15, -0.1) is 0 Å². The van der Waals surface area contributed by atoms with Crippen LogP contribution in [0.1, 0.15) is 38.6 Å². The number of nitrogens with one attached hydrogen (secondary N) is 1. The number of aryl methyl sites for hydroxylation is 4. The molecule has 30 heavy (non-hydrogen) atoms. The van der Waals surface area contributed by atoms with E-state index in [0.29, 0.717) is 18.5 Å². The first kappa shape index (κ1) is 19.8. The lowest BCUT2D eigenvalue weighted by molar-refractivity contribution is 0.0955. The minimum atomic E-state index is -0.0988. The monoisotopic (exact) mass is 399 g/mol. The van der Waals surface area contributed by atoms with Crippen molar-refractivity contribution >= 4 is 16.8 Å². The van der Waals surface area contributed by atoms with E-state index in [1.54, 1.807) is 0 Å². The number of benzene rings is 2. The first-order chi connectivity index (χ1) is 14.4. The number of para-hydroxylation sites is 1. The van der Waals surface area contributed by atoms with Gasteiger partial charge in [-0.3, -0.25) is 9.78 Å². The number of nitrogens with zero attached hydrogens (tertiary/aromatic N) is 2. The highest BCUT2D eigenvalue weighted by Gasteiger charge is 2.15. The van der Waals surface area contributed by atoms with Crippen LogP contribution in [0.2, 0.25) is 0 Å². The number of fused-ring (bicyclic) bond motifs is 1. The number of hydrogen-bond donors (Lipinski definition) is 1. The van der Waals surface area contributed by atoms with Gasteiger partial charge in [-0.1, -0.05) is 53.2 Å². The van der Waals surface area contributed by atoms with E-state index in [1.807, 2.05) is 39.0 Å². The summed E-state index contributed by atoms with van der Waals surface area (Å²) in [5.41, 5.74) is 7.55. The maximum Gasteiger partial charge on any atom is 0.252 e. The van der Waals surface area contributed by atoms with Crippen molar-refractivity contribution < 1.29 is 9.32 Å². The number of amides is 1. The molecule has 0 atom stereocenters. The molecule has 0 unspecified atom stereocenters. The fraction of sp³-hybridized carbons (Fsp3) is 0.240. The van der Waals surface area contributed by atoms with Crippen molar-refractivity contribution in [1.29, 1.82) is 0 Å². The number of hydrogen-bond acceptors (Lipinski definition) is 4. The highest BCUT2D eigenvalue weighted by atomic mass is 16.5. The Morgan fingerprint density at radius 1 is 1.03 bits per heavy atom. The van der Waals surface area contributed by atoms with Crippen LogP contribution in [-0.4, -0.2) is 22.6 Å². The van der Waals surface area contributed by atoms with Crippen molar-refractivity contribution in [2.75, 3.05) is 6.54 Å². The van der Waals surface area contributed by atoms with Gasteiger partial charge in [0.1, 0.15) is 5.76 Å². The summed E-state index contributed by atoms with van der Waals surface area (Å²) >= 11 is 0. The predicted molar refractivity (Wildman–Crippen MR) is 119 cm³/mol. The van der Waals surface area contributed by atoms with E-state index in [1.165, 1.54) is 5.56 Å². The maximum absolute atomic E-state index is 13.0. The molecule has 0 spiro atoms. The number of carbonyl (C=O) groups excluding carboxylic acids is 1. The molecule has 0 bridgehead atoms. The van der Waals surface area contributed by atoms with Gasteiger partial charge in [-0.25, -0.2) is 0 Å². The van der Waals surface area contributed by atoms with Crippen LogP contribution in [-0.2, 0) is 6.42 Å². The molecule has 0 radical (unpaired) electrons. The lowest BCUT2D eigenvalue weighted by atomic mass is 9.98. The molecule has 152 valence electrons. The molecule has 1 amide bonds. The Bertz CT molecular complexity index is 1200. The van der Waals surface area contributed by atoms with Crippen LogP contribution in [0, 0.1) is 27.7 Å². The molecule has 5 nitrogen and oxygen atoms in total. The molecule has 4 aromatic rings. The predicted octanol–water partition coefficient (Wildman–Crippen LogP) is 5.10. The summed E-state index contributed by atoms with van der Waals surface area (Å²) in [6, 6.07) is 16.2. The minimum absolute atomic E-state index is 0.0988. The van der Waals surface area contributed by atoms with Gasteiger partial charge in [-0.2, -0.15) is 0 Å². The second-order valence-corrected chi connectivity index (χ2v) is 7.69. The maximum atomic E-state index is 13.0. The van der Waals surface area contributed by atoms with Crippen LogP contribution >= 0.6 is 0 Å². The van der Waals surface area contributed by atoms with Crippen molar-refractivity contribution in [2.24, 2.45) is 0 Å². The normalized spacial score (nSPS) is 11.1. The van der Waals surface area contributed by atoms with E-state index < -0.39 is 0 Å². The third kappa shape index (κ3) is 3.83. The topological polar surface area (TPSA) is 68.0 Å². The van der Waals surface area contributed by atoms with Crippen LogP contribution in [0.3, 0.4) is 0 Å². The zero-order chi connectivity index (χ0) is 21.3. The Labute approximate surface area is 176 Å². The van der Waals surface area contributed by atoms with Crippen molar-refractivity contribution in [2.45, 2.75) is 34.1 Å². The van der Waals surface area contributed by atoms with Crippen LogP contribution in [0.4, 0.5) is 0 Å². The summed E-state index contributed by atoms with van der Waals surface area (Å²) in [5, 5.41) is 7.87. The van der Waals surface area contributed by atoms with Gasteiger partial charge < -0.3 is 9.84 Å². The molecule has 0 saturated heterocycles. The molecule has 0 aliphatic rings. The zero-order valence-electron chi connectivity index (χ0n) is 17.7. The van der Waals surface area contributed by atoms with E-state index in [9.17, 15) is 4.79 Å². The standard InChI is InChI=1S/C25H25N3O2/c1-15-8-10-19(11-9-15)21-6-5-7-22-23(14-16(2)27-24(21)22)25(29)26-13-12-20-17(3)28-30-18(20)4/h5-11,14H,12-13H2,1-4H3,(H,26,29). The van der Waals surface area contributed by atoms with Gasteiger partial charge in [0.05, 0.1) is 16.8 Å². The summed E-state index contributed by atoms with van der Waals surface area (Å²) in [5.74, 6) is 0.702. The van der Waals surface area contributed by atoms with Crippen molar-refractivity contribution in [3.05, 3.63) is 82.4 Å². The summed E-state index contributed by atoms with van der Waals surface area (Å²) in [6.45, 7) is 8.32. The average molecular weight is 399 g/mol. The second-order valence-electron chi connectivity index (χ2n) is 7.69. The van der Waals surface area contributed by atoms with Crippen LogP contribution in [0.15, 0.2) is 53.1 Å². The third-order valence-electron chi connectivity index (χ3n) is 5.42. The van der Waals surface area contributed by atoms with E-state index in [-0.39, 0.29) is 5.91 Å². The molecular formula is C25H25N3O2. The first-order valence-corrected chi connectivity index (χ1v) is 10.1. The molecule has 2 aromatic carbocycles. The van der Waals surface area contributed by atoms with Gasteiger partial charge in [0.2, 0.25) is 0 Å². The van der Waals surface area contributed by atoms with Gasteiger partial charge in [0, 0.05) is 28.8 Å². The Morgan fingerprint density at radius 3 is 2.50 bits per heavy atom. The van der Waals surface area contributed by atoms with E-state index in [4.69, 9.17) is 9.51 Å². The third-order valence-corrected chi connectivity index (χ3v) is 5.42. The van der Waals surface area contributed by atoms with E-state index in [2.05, 4.69) is 47.7 Å². The van der Waals surface area contributed by atoms with Crippen molar-refractivity contribution in [3.63, 3.8) is 0 Å². The number of pyridine rings is 1. The highest BCUT2D eigenvalue weighted by molar-refractivity contribution is 6.09. The van der Waals surface area contributed by atoms with E-state index >= 15 is 0 Å². The quantitative estimate of drug-likeness (QED) is 0.507. The zero-order valence-corrected chi connectivity index (χ0v) is 17.7. The SMILES string of the molecule is Cc1ccc(-c2cccc3c(C(=O)NCCc4c(C)noc4C)cc(C)nc23)cc1. The molecule has 0 fully saturated rings. The number of carbonyl (C=O) groups is 1. The second kappa shape index (κ2) is 8.11. The van der Waals surface area contributed by atoms with Gasteiger partial charge in [0.25, 0.3) is 5.91 Å². The molecule has 5 heteroatoms. The van der Waals surface area contributed by atoms with Gasteiger partial charge >= 0.3 is 0 Å². The highest BCUT2D eigenvalue weighted by Crippen LogP contribution is 2.30. The molecule has 1 N–H and O–H groups in total. The molecule has 2 aromatic heterocycles. The molecule has 0 aliphatic heterocycles. The van der Waals surface area contributed by atoms with Gasteiger partial charge in [0.15, 0.2) is 0 Å².